The molecule has 0 saturated heterocycles. The Hall–Kier alpha value is -0.770. The van der Waals surface area contributed by atoms with Crippen LogP contribution in [0, 0.1) is 0 Å². The number of phenols is 1. The molecule has 3 nitrogen and oxygen atoms in total. The summed E-state index contributed by atoms with van der Waals surface area (Å²) < 4.78 is 0. The van der Waals surface area contributed by atoms with Crippen LogP contribution in [0.4, 0.5) is 0 Å². The number of nitrogens with zero attached hydrogens (tertiary/aromatic N) is 1. The number of likely N-dealkylation sites (N-methyl/N-ethyl adjacent to an activating group) is 1. The molecule has 2 N–H and O–H groups in total. The molecule has 4 heteroatoms. The van der Waals surface area contributed by atoms with Crippen LogP contribution in [-0.4, -0.2) is 36.2 Å². The summed E-state index contributed by atoms with van der Waals surface area (Å²) in [6.45, 7) is 9.30. The van der Waals surface area contributed by atoms with Crippen LogP contribution in [-0.2, 0) is 6.54 Å². The highest BCUT2D eigenvalue weighted by Crippen LogP contribution is 2.23. The maximum absolute atomic E-state index is 9.29. The zero-order valence-corrected chi connectivity index (χ0v) is 11.3. The molecular formula is C13H21ClN2O. The van der Waals surface area contributed by atoms with Crippen LogP contribution in [0.5, 0.6) is 5.75 Å². The molecule has 0 unspecified atom stereocenters. The van der Waals surface area contributed by atoms with Crippen molar-refractivity contribution in [2.45, 2.75) is 20.4 Å². The fourth-order valence-electron chi connectivity index (χ4n) is 1.67. The van der Waals surface area contributed by atoms with Gasteiger partial charge < -0.3 is 15.3 Å². The lowest BCUT2D eigenvalue weighted by Gasteiger charge is -2.18. The van der Waals surface area contributed by atoms with Crippen molar-refractivity contribution in [3.05, 3.63) is 28.8 Å². The highest BCUT2D eigenvalue weighted by atomic mass is 35.5. The minimum absolute atomic E-state index is 0.138. The summed E-state index contributed by atoms with van der Waals surface area (Å²) in [6.07, 6.45) is 0. The minimum Gasteiger partial charge on any atom is -0.506 e. The summed E-state index contributed by atoms with van der Waals surface area (Å²) in [5.74, 6) is 0.138. The van der Waals surface area contributed by atoms with Crippen LogP contribution < -0.4 is 5.32 Å². The van der Waals surface area contributed by atoms with Crippen LogP contribution in [0.1, 0.15) is 19.4 Å². The normalized spacial score (nSPS) is 11.1. The summed E-state index contributed by atoms with van der Waals surface area (Å²) in [6, 6.07) is 5.30. The lowest BCUT2D eigenvalue weighted by molar-refractivity contribution is 0.302. The first-order valence-corrected chi connectivity index (χ1v) is 6.45. The number of hydrogen-bond acceptors (Lipinski definition) is 3. The van der Waals surface area contributed by atoms with Crippen molar-refractivity contribution in [1.29, 1.82) is 0 Å². The number of halogens is 1. The summed E-state index contributed by atoms with van der Waals surface area (Å²) in [7, 11) is 0. The van der Waals surface area contributed by atoms with E-state index in [0.717, 1.165) is 38.3 Å². The topological polar surface area (TPSA) is 35.5 Å². The molecule has 0 bridgehead atoms. The van der Waals surface area contributed by atoms with Gasteiger partial charge >= 0.3 is 0 Å². The van der Waals surface area contributed by atoms with Crippen LogP contribution in [0.2, 0.25) is 5.02 Å². The van der Waals surface area contributed by atoms with Gasteiger partial charge in [-0.15, -0.1) is 0 Å². The van der Waals surface area contributed by atoms with Crippen molar-refractivity contribution in [2.75, 3.05) is 26.2 Å². The molecule has 0 fully saturated rings. The van der Waals surface area contributed by atoms with Crippen molar-refractivity contribution >= 4 is 11.6 Å². The Morgan fingerprint density at radius 1 is 1.29 bits per heavy atom. The highest BCUT2D eigenvalue weighted by molar-refractivity contribution is 6.32. The summed E-state index contributed by atoms with van der Waals surface area (Å²) >= 11 is 5.84. The fraction of sp³-hybridized carbons (Fsp3) is 0.538. The molecule has 1 aromatic rings. The van der Waals surface area contributed by atoms with Crippen LogP contribution in [0.3, 0.4) is 0 Å². The molecule has 96 valence electrons. The maximum Gasteiger partial charge on any atom is 0.134 e. The lowest BCUT2D eigenvalue weighted by atomic mass is 10.2. The quantitative estimate of drug-likeness (QED) is 0.736. The Bertz CT molecular complexity index is 340. The number of aromatic hydroxyl groups is 1. The predicted molar refractivity (Wildman–Crippen MR) is 72.6 cm³/mol. The molecule has 1 aromatic carbocycles. The average molecular weight is 257 g/mol. The molecule has 0 aliphatic heterocycles. The third kappa shape index (κ3) is 4.94. The van der Waals surface area contributed by atoms with E-state index >= 15 is 0 Å². The van der Waals surface area contributed by atoms with Gasteiger partial charge in [-0.2, -0.15) is 0 Å². The van der Waals surface area contributed by atoms with E-state index in [1.54, 1.807) is 12.1 Å². The van der Waals surface area contributed by atoms with Gasteiger partial charge in [0.2, 0.25) is 0 Å². The Morgan fingerprint density at radius 3 is 2.59 bits per heavy atom. The van der Waals surface area contributed by atoms with Gasteiger partial charge in [0.25, 0.3) is 0 Å². The van der Waals surface area contributed by atoms with Gasteiger partial charge in [0.15, 0.2) is 0 Å². The number of phenolic OH excluding ortho intramolecular Hbond substituents is 1. The molecule has 0 heterocycles. The highest BCUT2D eigenvalue weighted by Gasteiger charge is 2.01. The second-order valence-corrected chi connectivity index (χ2v) is 4.40. The molecule has 0 atom stereocenters. The molecule has 0 saturated carbocycles. The average Bonchev–Trinajstić information content (AvgIpc) is 2.34. The SMILES string of the molecule is CCN(CC)CCNCc1ccc(O)c(Cl)c1. The van der Waals surface area contributed by atoms with Crippen molar-refractivity contribution in [3.63, 3.8) is 0 Å². The maximum atomic E-state index is 9.29. The smallest absolute Gasteiger partial charge is 0.134 e. The van der Waals surface area contributed by atoms with Crippen LogP contribution in [0.15, 0.2) is 18.2 Å². The van der Waals surface area contributed by atoms with Crippen molar-refractivity contribution in [1.82, 2.24) is 10.2 Å². The molecule has 0 radical (unpaired) electrons. The third-order valence-corrected chi connectivity index (χ3v) is 3.14. The molecule has 17 heavy (non-hydrogen) atoms. The van der Waals surface area contributed by atoms with E-state index in [0.29, 0.717) is 5.02 Å². The zero-order chi connectivity index (χ0) is 12.7. The Kier molecular flexibility index (Phi) is 6.34. The second-order valence-electron chi connectivity index (χ2n) is 3.99. The third-order valence-electron chi connectivity index (χ3n) is 2.84. The van der Waals surface area contributed by atoms with Gasteiger partial charge in [0, 0.05) is 19.6 Å². The van der Waals surface area contributed by atoms with Gasteiger partial charge in [0.1, 0.15) is 5.75 Å². The van der Waals surface area contributed by atoms with Gasteiger partial charge in [-0.1, -0.05) is 31.5 Å². The molecule has 0 aliphatic carbocycles. The number of nitrogens with one attached hydrogen (secondary N) is 1. The molecular weight excluding hydrogens is 236 g/mol. The van der Waals surface area contributed by atoms with Gasteiger partial charge in [0.05, 0.1) is 5.02 Å². The Balaban J connectivity index is 2.28. The summed E-state index contributed by atoms with van der Waals surface area (Å²) in [5.41, 5.74) is 1.09. The van der Waals surface area contributed by atoms with E-state index in [-0.39, 0.29) is 5.75 Å². The molecule has 0 amide bonds. The molecule has 0 spiro atoms. The first-order valence-electron chi connectivity index (χ1n) is 6.07. The largest absolute Gasteiger partial charge is 0.506 e. The Labute approximate surface area is 108 Å². The number of benzene rings is 1. The van der Waals surface area contributed by atoms with E-state index in [1.165, 1.54) is 0 Å². The molecule has 0 aliphatic rings. The van der Waals surface area contributed by atoms with Crippen LogP contribution in [0.25, 0.3) is 0 Å². The first kappa shape index (κ1) is 14.3. The van der Waals surface area contributed by atoms with Gasteiger partial charge in [-0.25, -0.2) is 0 Å². The monoisotopic (exact) mass is 256 g/mol. The minimum atomic E-state index is 0.138. The fourth-order valence-corrected chi connectivity index (χ4v) is 1.87. The number of rotatable bonds is 7. The van der Waals surface area contributed by atoms with Crippen LogP contribution >= 0.6 is 11.6 Å². The second kappa shape index (κ2) is 7.54. The summed E-state index contributed by atoms with van der Waals surface area (Å²) in [5, 5.41) is 13.1. The standard InChI is InChI=1S/C13H21ClN2O/c1-3-16(4-2)8-7-15-10-11-5-6-13(17)12(14)9-11/h5-6,9,15,17H,3-4,7-8,10H2,1-2H3. The van der Waals surface area contributed by atoms with Crippen molar-refractivity contribution in [3.8, 4) is 5.75 Å². The predicted octanol–water partition coefficient (Wildman–Crippen LogP) is 2.48. The van der Waals surface area contributed by atoms with E-state index in [9.17, 15) is 5.11 Å². The first-order chi connectivity index (χ1) is 8.17. The van der Waals surface area contributed by atoms with Crippen molar-refractivity contribution < 1.29 is 5.11 Å². The van der Waals surface area contributed by atoms with E-state index in [2.05, 4.69) is 24.1 Å². The van der Waals surface area contributed by atoms with E-state index < -0.39 is 0 Å². The Morgan fingerprint density at radius 2 is 2.00 bits per heavy atom. The van der Waals surface area contributed by atoms with E-state index in [4.69, 9.17) is 11.6 Å². The van der Waals surface area contributed by atoms with Gasteiger partial charge in [-0.3, -0.25) is 0 Å². The lowest BCUT2D eigenvalue weighted by Crippen LogP contribution is -2.31. The number of hydrogen-bond donors (Lipinski definition) is 2. The summed E-state index contributed by atoms with van der Waals surface area (Å²) in [4.78, 5) is 2.37. The molecule has 1 rings (SSSR count). The van der Waals surface area contributed by atoms with Gasteiger partial charge in [-0.05, 0) is 30.8 Å². The van der Waals surface area contributed by atoms with Crippen molar-refractivity contribution in [2.24, 2.45) is 0 Å². The molecule has 0 aromatic heterocycles. The van der Waals surface area contributed by atoms with E-state index in [1.807, 2.05) is 6.07 Å². The zero-order valence-electron chi connectivity index (χ0n) is 10.5.